The smallest absolute Gasteiger partial charge is 0.408 e. The molecule has 1 aliphatic heterocycles. The summed E-state index contributed by atoms with van der Waals surface area (Å²) in [5.41, 5.74) is -0.618. The molecule has 1 aliphatic rings. The summed E-state index contributed by atoms with van der Waals surface area (Å²) in [4.78, 5) is 49.5. The molecule has 1 heterocycles. The van der Waals surface area contributed by atoms with Crippen LogP contribution in [0.15, 0.2) is 18.2 Å². The number of carbonyl (C=O) groups is 4. The van der Waals surface area contributed by atoms with Gasteiger partial charge in [0.15, 0.2) is 11.6 Å². The molecule has 1 fully saturated rings. The highest BCUT2D eigenvalue weighted by atomic mass is 19.2. The van der Waals surface area contributed by atoms with E-state index < -0.39 is 53.2 Å². The second kappa shape index (κ2) is 11.1. The predicted molar refractivity (Wildman–Crippen MR) is 113 cm³/mol. The van der Waals surface area contributed by atoms with Crippen molar-refractivity contribution in [1.29, 1.82) is 0 Å². The van der Waals surface area contributed by atoms with Crippen molar-refractivity contribution in [2.75, 3.05) is 13.7 Å². The van der Waals surface area contributed by atoms with E-state index in [0.717, 1.165) is 19.2 Å². The largest absolute Gasteiger partial charge is 0.467 e. The molecule has 0 spiro atoms. The molecule has 0 radical (unpaired) electrons. The van der Waals surface area contributed by atoms with Crippen LogP contribution in [0.25, 0.3) is 0 Å². The highest BCUT2D eigenvalue weighted by molar-refractivity contribution is 5.90. The summed E-state index contributed by atoms with van der Waals surface area (Å²) in [6, 6.07) is 0.658. The number of carbonyl (C=O) groups excluding carboxylic acids is 4. The zero-order valence-electron chi connectivity index (χ0n) is 19.0. The van der Waals surface area contributed by atoms with Gasteiger partial charge >= 0.3 is 12.1 Å². The molecule has 11 heteroatoms. The minimum Gasteiger partial charge on any atom is -0.467 e. The molecular formula is C22H29F2N3O6. The van der Waals surface area contributed by atoms with E-state index in [0.29, 0.717) is 13.0 Å². The van der Waals surface area contributed by atoms with Crippen LogP contribution >= 0.6 is 0 Å². The number of esters is 1. The Morgan fingerprint density at radius 3 is 2.39 bits per heavy atom. The lowest BCUT2D eigenvalue weighted by Crippen LogP contribution is -2.53. The van der Waals surface area contributed by atoms with Gasteiger partial charge in [0.1, 0.15) is 17.7 Å². The summed E-state index contributed by atoms with van der Waals surface area (Å²) in [6.45, 7) is 5.37. The van der Waals surface area contributed by atoms with Gasteiger partial charge in [-0.2, -0.15) is 0 Å². The molecule has 1 aromatic carbocycles. The van der Waals surface area contributed by atoms with E-state index in [1.807, 2.05) is 0 Å². The van der Waals surface area contributed by atoms with Gasteiger partial charge in [0, 0.05) is 18.9 Å². The Balaban J connectivity index is 2.21. The number of hydrogen-bond donors (Lipinski definition) is 3. The van der Waals surface area contributed by atoms with Crippen molar-refractivity contribution in [1.82, 2.24) is 16.0 Å². The molecule has 0 unspecified atom stereocenters. The van der Waals surface area contributed by atoms with Gasteiger partial charge in [-0.25, -0.2) is 18.4 Å². The van der Waals surface area contributed by atoms with E-state index >= 15 is 0 Å². The number of ether oxygens (including phenoxy) is 2. The summed E-state index contributed by atoms with van der Waals surface area (Å²) in [7, 11) is 1.15. The van der Waals surface area contributed by atoms with E-state index in [9.17, 15) is 28.0 Å². The number of amides is 3. The average Bonchev–Trinajstić information content (AvgIpc) is 3.12. The van der Waals surface area contributed by atoms with Crippen LogP contribution < -0.4 is 16.0 Å². The molecule has 0 aliphatic carbocycles. The number of methoxy groups -OCH3 is 1. The Labute approximate surface area is 190 Å². The quantitative estimate of drug-likeness (QED) is 0.497. The first kappa shape index (κ1) is 26.0. The van der Waals surface area contributed by atoms with Crippen molar-refractivity contribution in [3.63, 3.8) is 0 Å². The second-order valence-electron chi connectivity index (χ2n) is 8.75. The van der Waals surface area contributed by atoms with Gasteiger partial charge in [-0.1, -0.05) is 6.07 Å². The molecule has 1 saturated heterocycles. The van der Waals surface area contributed by atoms with E-state index in [1.54, 1.807) is 20.8 Å². The van der Waals surface area contributed by atoms with Crippen LogP contribution in [0.1, 0.15) is 39.2 Å². The summed E-state index contributed by atoms with van der Waals surface area (Å²) in [5.74, 6) is -4.42. The summed E-state index contributed by atoms with van der Waals surface area (Å²) < 4.78 is 36.9. The molecule has 0 aromatic heterocycles. The fourth-order valence-corrected chi connectivity index (χ4v) is 3.34. The molecule has 33 heavy (non-hydrogen) atoms. The maximum absolute atomic E-state index is 13.7. The first-order valence-corrected chi connectivity index (χ1v) is 10.5. The van der Waals surface area contributed by atoms with Crippen molar-refractivity contribution in [3.8, 4) is 0 Å². The number of rotatable bonds is 8. The SMILES string of the molecule is COC(=O)[C@H](C[C@@H]1CCNC1=O)NC(=O)[C@H](Cc1ccc(F)c(F)c1)NC(=O)OC(C)(C)C. The first-order valence-electron chi connectivity index (χ1n) is 10.5. The van der Waals surface area contributed by atoms with Gasteiger partial charge in [-0.3, -0.25) is 9.59 Å². The van der Waals surface area contributed by atoms with Crippen LogP contribution in [0, 0.1) is 17.6 Å². The lowest BCUT2D eigenvalue weighted by Gasteiger charge is -2.25. The minimum absolute atomic E-state index is 0.00851. The Morgan fingerprint density at radius 1 is 1.15 bits per heavy atom. The molecule has 0 saturated carbocycles. The average molecular weight is 469 g/mol. The van der Waals surface area contributed by atoms with Crippen molar-refractivity contribution in [3.05, 3.63) is 35.4 Å². The van der Waals surface area contributed by atoms with Gasteiger partial charge in [0.2, 0.25) is 11.8 Å². The summed E-state index contributed by atoms with van der Waals surface area (Å²) in [5, 5.41) is 7.55. The molecule has 0 bridgehead atoms. The van der Waals surface area contributed by atoms with Crippen LogP contribution in [0.4, 0.5) is 13.6 Å². The molecular weight excluding hydrogens is 440 g/mol. The maximum atomic E-state index is 13.7. The van der Waals surface area contributed by atoms with Crippen LogP contribution in [0.5, 0.6) is 0 Å². The van der Waals surface area contributed by atoms with E-state index in [4.69, 9.17) is 9.47 Å². The van der Waals surface area contributed by atoms with Crippen LogP contribution in [0.2, 0.25) is 0 Å². The number of hydrogen-bond acceptors (Lipinski definition) is 6. The van der Waals surface area contributed by atoms with Crippen LogP contribution in [-0.2, 0) is 30.3 Å². The highest BCUT2D eigenvalue weighted by Crippen LogP contribution is 2.18. The van der Waals surface area contributed by atoms with Crippen LogP contribution in [0.3, 0.4) is 0 Å². The van der Waals surface area contributed by atoms with Crippen molar-refractivity contribution in [2.24, 2.45) is 5.92 Å². The minimum atomic E-state index is -1.28. The van der Waals surface area contributed by atoms with E-state index in [-0.39, 0.29) is 24.3 Å². The summed E-state index contributed by atoms with van der Waals surface area (Å²) >= 11 is 0. The second-order valence-corrected chi connectivity index (χ2v) is 8.75. The third kappa shape index (κ3) is 7.99. The molecule has 9 nitrogen and oxygen atoms in total. The zero-order chi connectivity index (χ0) is 24.8. The number of nitrogens with one attached hydrogen (secondary N) is 3. The van der Waals surface area contributed by atoms with Crippen molar-refractivity contribution < 1.29 is 37.4 Å². The topological polar surface area (TPSA) is 123 Å². The molecule has 3 atom stereocenters. The number of halogens is 2. The van der Waals surface area contributed by atoms with Gasteiger partial charge < -0.3 is 25.4 Å². The van der Waals surface area contributed by atoms with Gasteiger partial charge in [-0.15, -0.1) is 0 Å². The summed E-state index contributed by atoms with van der Waals surface area (Å²) in [6.07, 6.45) is -0.610. The van der Waals surface area contributed by atoms with Gasteiger partial charge in [0.25, 0.3) is 0 Å². The van der Waals surface area contributed by atoms with E-state index in [1.165, 1.54) is 6.07 Å². The Kier molecular flexibility index (Phi) is 8.72. The normalized spacial score (nSPS) is 17.5. The molecule has 3 amide bonds. The van der Waals surface area contributed by atoms with Crippen molar-refractivity contribution in [2.45, 2.75) is 57.7 Å². The fourth-order valence-electron chi connectivity index (χ4n) is 3.34. The van der Waals surface area contributed by atoms with E-state index in [2.05, 4.69) is 16.0 Å². The van der Waals surface area contributed by atoms with Crippen LogP contribution in [-0.4, -0.2) is 55.2 Å². The number of alkyl carbamates (subject to hydrolysis) is 1. The standard InChI is InChI=1S/C22H29F2N3O6/c1-22(2,3)33-21(31)27-16(10-12-5-6-14(23)15(24)9-12)19(29)26-17(20(30)32-4)11-13-7-8-25-18(13)28/h5-6,9,13,16-17H,7-8,10-11H2,1-4H3,(H,25,28)(H,26,29)(H,27,31)/t13-,16-,17-/m0/s1. The Morgan fingerprint density at radius 2 is 1.85 bits per heavy atom. The lowest BCUT2D eigenvalue weighted by molar-refractivity contribution is -0.146. The number of benzene rings is 1. The molecule has 1 aromatic rings. The lowest BCUT2D eigenvalue weighted by atomic mass is 9.97. The molecule has 182 valence electrons. The third-order valence-electron chi connectivity index (χ3n) is 4.92. The molecule has 2 rings (SSSR count). The van der Waals surface area contributed by atoms with Gasteiger partial charge in [0.05, 0.1) is 7.11 Å². The predicted octanol–water partition coefficient (Wildman–Crippen LogP) is 1.58. The molecule has 3 N–H and O–H groups in total. The fraction of sp³-hybridized carbons (Fsp3) is 0.545. The Hall–Kier alpha value is -3.24. The van der Waals surface area contributed by atoms with Crippen molar-refractivity contribution >= 4 is 23.9 Å². The first-order chi connectivity index (χ1) is 15.4. The highest BCUT2D eigenvalue weighted by Gasteiger charge is 2.34. The Bertz CT molecular complexity index is 903. The van der Waals surface area contributed by atoms with Gasteiger partial charge in [-0.05, 0) is 51.3 Å². The third-order valence-corrected chi connectivity index (χ3v) is 4.92. The monoisotopic (exact) mass is 469 g/mol. The maximum Gasteiger partial charge on any atom is 0.408 e. The zero-order valence-corrected chi connectivity index (χ0v) is 19.0.